The van der Waals surface area contributed by atoms with Gasteiger partial charge in [0.15, 0.2) is 0 Å². The molecular formula is C15H29NO4. The first-order chi connectivity index (χ1) is 9.52. The Bertz CT molecular complexity index is 269. The third-order valence-electron chi connectivity index (χ3n) is 3.22. The predicted octanol–water partition coefficient (Wildman–Crippen LogP) is 2.72. The van der Waals surface area contributed by atoms with Crippen LogP contribution >= 0.6 is 0 Å². The molecule has 0 aliphatic carbocycles. The molecule has 0 aliphatic rings. The molecule has 0 aromatic rings. The van der Waals surface area contributed by atoms with E-state index in [0.717, 1.165) is 51.6 Å². The van der Waals surface area contributed by atoms with E-state index >= 15 is 0 Å². The zero-order valence-electron chi connectivity index (χ0n) is 12.6. The Kier molecular flexibility index (Phi) is 12.2. The smallest absolute Gasteiger partial charge is 0.303 e. The molecule has 0 aromatic carbocycles. The summed E-state index contributed by atoms with van der Waals surface area (Å²) in [5, 5.41) is 8.48. The fraction of sp³-hybridized carbons (Fsp3) is 0.867. The fourth-order valence-electron chi connectivity index (χ4n) is 1.94. The largest absolute Gasteiger partial charge is 0.481 e. The molecule has 0 saturated heterocycles. The second-order valence-corrected chi connectivity index (χ2v) is 5.45. The normalized spacial score (nSPS) is 12.2. The van der Waals surface area contributed by atoms with Crippen molar-refractivity contribution in [2.45, 2.75) is 64.7 Å². The van der Waals surface area contributed by atoms with Crippen molar-refractivity contribution in [2.24, 2.45) is 11.7 Å². The molecule has 5 heteroatoms. The predicted molar refractivity (Wildman–Crippen MR) is 78.4 cm³/mol. The Hall–Kier alpha value is -1.10. The minimum Gasteiger partial charge on any atom is -0.481 e. The number of amides is 1. The Morgan fingerprint density at radius 2 is 1.65 bits per heavy atom. The van der Waals surface area contributed by atoms with Gasteiger partial charge in [0.25, 0.3) is 0 Å². The zero-order valence-corrected chi connectivity index (χ0v) is 12.6. The minimum atomic E-state index is -0.705. The fourth-order valence-corrected chi connectivity index (χ4v) is 1.94. The van der Waals surface area contributed by atoms with E-state index in [2.05, 4.69) is 6.92 Å². The van der Waals surface area contributed by atoms with E-state index in [9.17, 15) is 9.59 Å². The van der Waals surface area contributed by atoms with Crippen molar-refractivity contribution < 1.29 is 19.4 Å². The number of unbranched alkanes of at least 4 members (excludes halogenated alkanes) is 5. The highest BCUT2D eigenvalue weighted by Gasteiger charge is 2.04. The summed E-state index contributed by atoms with van der Waals surface area (Å²) in [6.07, 6.45) is 7.69. The number of rotatable bonds is 14. The topological polar surface area (TPSA) is 89.6 Å². The van der Waals surface area contributed by atoms with Gasteiger partial charge in [-0.1, -0.05) is 32.6 Å². The van der Waals surface area contributed by atoms with E-state index < -0.39 is 5.97 Å². The van der Waals surface area contributed by atoms with Gasteiger partial charge in [0, 0.05) is 26.1 Å². The molecule has 0 radical (unpaired) electrons. The molecule has 0 bridgehead atoms. The van der Waals surface area contributed by atoms with Crippen LogP contribution in [0.2, 0.25) is 0 Å². The molecule has 0 fully saturated rings. The number of aliphatic carboxylic acids is 1. The summed E-state index contributed by atoms with van der Waals surface area (Å²) in [6, 6.07) is 0. The molecule has 0 aliphatic heterocycles. The number of hydrogen-bond acceptors (Lipinski definition) is 3. The number of primary amides is 1. The standard InChI is InChI=1S/C15H29NO4/c1-13(9-10-14(16)17)12-20-11-7-5-3-2-4-6-8-15(18)19/h13H,2-12H2,1H3,(H2,16,17)(H,18,19)/t13-/m0/s1. The lowest BCUT2D eigenvalue weighted by Crippen LogP contribution is -2.14. The van der Waals surface area contributed by atoms with E-state index in [1.165, 1.54) is 0 Å². The Balaban J connectivity index is 3.16. The number of nitrogens with two attached hydrogens (primary N) is 1. The highest BCUT2D eigenvalue weighted by atomic mass is 16.5. The van der Waals surface area contributed by atoms with Crippen LogP contribution < -0.4 is 5.73 Å². The maximum absolute atomic E-state index is 10.6. The molecule has 1 atom stereocenters. The van der Waals surface area contributed by atoms with E-state index in [1.54, 1.807) is 0 Å². The summed E-state index contributed by atoms with van der Waals surface area (Å²) in [5.41, 5.74) is 5.09. The van der Waals surface area contributed by atoms with Crippen LogP contribution in [0.15, 0.2) is 0 Å². The van der Waals surface area contributed by atoms with Gasteiger partial charge in [-0.25, -0.2) is 0 Å². The van der Waals surface area contributed by atoms with Gasteiger partial charge in [-0.2, -0.15) is 0 Å². The highest BCUT2D eigenvalue weighted by Crippen LogP contribution is 2.09. The first kappa shape index (κ1) is 18.9. The van der Waals surface area contributed by atoms with Crippen LogP contribution in [0.5, 0.6) is 0 Å². The van der Waals surface area contributed by atoms with Gasteiger partial charge in [0.1, 0.15) is 0 Å². The number of carboxylic acid groups (broad SMARTS) is 1. The Morgan fingerprint density at radius 1 is 1.05 bits per heavy atom. The molecule has 0 saturated carbocycles. The zero-order chi connectivity index (χ0) is 15.2. The van der Waals surface area contributed by atoms with Crippen LogP contribution in [-0.4, -0.2) is 30.2 Å². The number of carboxylic acids is 1. The van der Waals surface area contributed by atoms with Crippen LogP contribution in [0.25, 0.3) is 0 Å². The average molecular weight is 287 g/mol. The highest BCUT2D eigenvalue weighted by molar-refractivity contribution is 5.73. The summed E-state index contributed by atoms with van der Waals surface area (Å²) in [5.74, 6) is -0.581. The third kappa shape index (κ3) is 15.0. The lowest BCUT2D eigenvalue weighted by atomic mass is 10.1. The molecule has 1 amide bonds. The van der Waals surface area contributed by atoms with E-state index in [-0.39, 0.29) is 12.3 Å². The van der Waals surface area contributed by atoms with E-state index in [1.807, 2.05) is 0 Å². The van der Waals surface area contributed by atoms with Gasteiger partial charge < -0.3 is 15.6 Å². The van der Waals surface area contributed by atoms with E-state index in [4.69, 9.17) is 15.6 Å². The van der Waals surface area contributed by atoms with Gasteiger partial charge in [0.05, 0.1) is 0 Å². The van der Waals surface area contributed by atoms with Crippen LogP contribution in [0.3, 0.4) is 0 Å². The van der Waals surface area contributed by atoms with Crippen molar-refractivity contribution in [1.29, 1.82) is 0 Å². The number of ether oxygens (including phenoxy) is 1. The lowest BCUT2D eigenvalue weighted by molar-refractivity contribution is -0.137. The van der Waals surface area contributed by atoms with Crippen molar-refractivity contribution in [3.63, 3.8) is 0 Å². The molecule has 3 N–H and O–H groups in total. The Labute approximate surface area is 121 Å². The summed E-state index contributed by atoms with van der Waals surface area (Å²) in [7, 11) is 0. The first-order valence-corrected chi connectivity index (χ1v) is 7.60. The van der Waals surface area contributed by atoms with Crippen molar-refractivity contribution in [3.05, 3.63) is 0 Å². The maximum Gasteiger partial charge on any atom is 0.303 e. The summed E-state index contributed by atoms with van der Waals surface area (Å²) in [4.78, 5) is 20.9. The molecule has 20 heavy (non-hydrogen) atoms. The van der Waals surface area contributed by atoms with Gasteiger partial charge in [-0.05, 0) is 25.2 Å². The number of carbonyl (C=O) groups is 2. The quantitative estimate of drug-likeness (QED) is 0.481. The van der Waals surface area contributed by atoms with Gasteiger partial charge in [-0.15, -0.1) is 0 Å². The van der Waals surface area contributed by atoms with Crippen molar-refractivity contribution in [3.8, 4) is 0 Å². The second kappa shape index (κ2) is 12.9. The van der Waals surface area contributed by atoms with Gasteiger partial charge in [-0.3, -0.25) is 9.59 Å². The first-order valence-electron chi connectivity index (χ1n) is 7.60. The van der Waals surface area contributed by atoms with Gasteiger partial charge >= 0.3 is 5.97 Å². The minimum absolute atomic E-state index is 0.250. The monoisotopic (exact) mass is 287 g/mol. The third-order valence-corrected chi connectivity index (χ3v) is 3.22. The second-order valence-electron chi connectivity index (χ2n) is 5.45. The lowest BCUT2D eigenvalue weighted by Gasteiger charge is -2.10. The molecule has 118 valence electrons. The molecular weight excluding hydrogens is 258 g/mol. The molecule has 0 rings (SSSR count). The summed E-state index contributed by atoms with van der Waals surface area (Å²) >= 11 is 0. The number of hydrogen-bond donors (Lipinski definition) is 2. The SMILES string of the molecule is C[C@@H](CCC(N)=O)COCCCCCCCCC(=O)O. The summed E-state index contributed by atoms with van der Waals surface area (Å²) < 4.78 is 5.56. The van der Waals surface area contributed by atoms with Crippen LogP contribution in [0, 0.1) is 5.92 Å². The molecule has 0 heterocycles. The van der Waals surface area contributed by atoms with Crippen molar-refractivity contribution in [1.82, 2.24) is 0 Å². The van der Waals surface area contributed by atoms with E-state index in [0.29, 0.717) is 18.9 Å². The molecule has 0 unspecified atom stereocenters. The average Bonchev–Trinajstić information content (AvgIpc) is 2.38. The van der Waals surface area contributed by atoms with Gasteiger partial charge in [0.2, 0.25) is 5.91 Å². The maximum atomic E-state index is 10.6. The van der Waals surface area contributed by atoms with Crippen molar-refractivity contribution in [2.75, 3.05) is 13.2 Å². The molecule has 0 spiro atoms. The molecule has 5 nitrogen and oxygen atoms in total. The van der Waals surface area contributed by atoms with Crippen LogP contribution in [0.1, 0.15) is 64.7 Å². The molecule has 0 aromatic heterocycles. The van der Waals surface area contributed by atoms with Crippen LogP contribution in [0.4, 0.5) is 0 Å². The summed E-state index contributed by atoms with van der Waals surface area (Å²) in [6.45, 7) is 3.51. The number of carbonyl (C=O) groups excluding carboxylic acids is 1. The van der Waals surface area contributed by atoms with Crippen molar-refractivity contribution >= 4 is 11.9 Å². The Morgan fingerprint density at radius 3 is 2.25 bits per heavy atom. The van der Waals surface area contributed by atoms with Crippen LogP contribution in [-0.2, 0) is 14.3 Å².